The van der Waals surface area contributed by atoms with Gasteiger partial charge in [0.25, 0.3) is 0 Å². The molecule has 81 heavy (non-hydrogen) atoms. The van der Waals surface area contributed by atoms with Gasteiger partial charge in [0, 0.05) is 33.2 Å². The van der Waals surface area contributed by atoms with Crippen molar-refractivity contribution in [1.29, 1.82) is 0 Å². The van der Waals surface area contributed by atoms with Crippen LogP contribution in [-0.2, 0) is 0 Å². The highest BCUT2D eigenvalue weighted by atomic mass is 15.0. The molecule has 0 saturated heterocycles. The molecule has 2 aromatic heterocycles. The predicted octanol–water partition coefficient (Wildman–Crippen LogP) is 20.3. The van der Waals surface area contributed by atoms with Crippen LogP contribution in [-0.4, -0.2) is 19.5 Å². The zero-order chi connectivity index (χ0) is 54.2. The summed E-state index contributed by atoms with van der Waals surface area (Å²) in [5.74, 6) is 1.80. The molecule has 0 atom stereocenters. The van der Waals surface area contributed by atoms with Crippen molar-refractivity contribution >= 4 is 21.8 Å². The number of fused-ring (bicyclic) bond motifs is 3. The van der Waals surface area contributed by atoms with Crippen molar-refractivity contribution in [3.05, 3.63) is 302 Å². The van der Waals surface area contributed by atoms with Crippen molar-refractivity contribution in [1.82, 2.24) is 19.5 Å². The number of hydrogen-bond acceptors (Lipinski definition) is 3. The van der Waals surface area contributed by atoms with E-state index in [0.29, 0.717) is 17.5 Å². The van der Waals surface area contributed by atoms with Gasteiger partial charge in [-0.05, 0) is 157 Å². The van der Waals surface area contributed by atoms with E-state index in [1.807, 2.05) is 0 Å². The number of nitrogens with zero attached hydrogens (tertiary/aromatic N) is 4. The molecule has 382 valence electrons. The number of para-hydroxylation sites is 2. The molecule has 12 aromatic carbocycles. The van der Waals surface area contributed by atoms with Gasteiger partial charge >= 0.3 is 0 Å². The fourth-order valence-electron chi connectivity index (χ4n) is 11.6. The fourth-order valence-corrected chi connectivity index (χ4v) is 11.6. The number of hydrogen-bond donors (Lipinski definition) is 0. The molecule has 0 aliphatic heterocycles. The van der Waals surface area contributed by atoms with Gasteiger partial charge in [-0.2, -0.15) is 0 Å². The molecule has 0 saturated carbocycles. The van der Waals surface area contributed by atoms with Gasteiger partial charge in [-0.1, -0.05) is 237 Å². The lowest BCUT2D eigenvalue weighted by molar-refractivity contribution is 1.07. The Kier molecular flexibility index (Phi) is 12.7. The lowest BCUT2D eigenvalue weighted by Gasteiger charge is -2.15. The molecule has 0 radical (unpaired) electrons. The van der Waals surface area contributed by atoms with Crippen molar-refractivity contribution in [2.75, 3.05) is 0 Å². The first-order valence-corrected chi connectivity index (χ1v) is 27.6. The molecule has 0 amide bonds. The third-order valence-corrected chi connectivity index (χ3v) is 15.8. The average Bonchev–Trinajstić information content (AvgIpc) is 4.05. The van der Waals surface area contributed by atoms with Crippen molar-refractivity contribution in [2.45, 2.75) is 13.8 Å². The van der Waals surface area contributed by atoms with E-state index < -0.39 is 0 Å². The van der Waals surface area contributed by atoms with Crippen LogP contribution in [0.3, 0.4) is 0 Å². The quantitative estimate of drug-likeness (QED) is 0.130. The summed E-state index contributed by atoms with van der Waals surface area (Å²) in [5.41, 5.74) is 24.9. The maximum atomic E-state index is 5.31. The number of aryl methyl sites for hydroxylation is 1. The predicted molar refractivity (Wildman–Crippen MR) is 338 cm³/mol. The first kappa shape index (κ1) is 48.8. The van der Waals surface area contributed by atoms with Gasteiger partial charge in [0.1, 0.15) is 0 Å². The van der Waals surface area contributed by atoms with Gasteiger partial charge in [0.15, 0.2) is 17.5 Å². The molecule has 0 N–H and O–H groups in total. The second-order valence-electron chi connectivity index (χ2n) is 20.9. The Morgan fingerprint density at radius 2 is 0.580 bits per heavy atom. The Balaban J connectivity index is 0.838. The van der Waals surface area contributed by atoms with Gasteiger partial charge in [-0.25, -0.2) is 15.0 Å². The van der Waals surface area contributed by atoms with E-state index in [1.54, 1.807) is 0 Å². The summed E-state index contributed by atoms with van der Waals surface area (Å²) in [6.45, 7) is 4.42. The minimum atomic E-state index is 0.600. The first-order chi connectivity index (χ1) is 40.0. The first-order valence-electron chi connectivity index (χ1n) is 27.6. The molecule has 0 spiro atoms. The zero-order valence-electron chi connectivity index (χ0n) is 45.0. The SMILES string of the molecule is Cc1ccccc1-c1cccc(-c2cccc(-c3cccc(-c4nc(-c5ccc(-c6cccc(-n7c8ccccc8c8ccccc87)c6)cc5)nc(-c5cccc(-c6cccc(-c7cccc(-c8ccccc8)c7)c6)c5)n4)c3)c2)c1C. The summed E-state index contributed by atoms with van der Waals surface area (Å²) in [5, 5.41) is 2.49. The molecule has 0 bridgehead atoms. The van der Waals surface area contributed by atoms with Crippen LogP contribution < -0.4 is 0 Å². The van der Waals surface area contributed by atoms with Gasteiger partial charge in [0.2, 0.25) is 0 Å². The fraction of sp³-hybridized carbons (Fsp3) is 0.0260. The minimum absolute atomic E-state index is 0.600. The molecule has 2 heterocycles. The van der Waals surface area contributed by atoms with Crippen molar-refractivity contribution in [3.63, 3.8) is 0 Å². The van der Waals surface area contributed by atoms with Crippen LogP contribution in [0.2, 0.25) is 0 Å². The molecule has 4 nitrogen and oxygen atoms in total. The van der Waals surface area contributed by atoms with E-state index >= 15 is 0 Å². The minimum Gasteiger partial charge on any atom is -0.309 e. The smallest absolute Gasteiger partial charge is 0.164 e. The second-order valence-corrected chi connectivity index (χ2v) is 20.9. The molecule has 0 aliphatic carbocycles. The molecule has 0 unspecified atom stereocenters. The molecular weight excluding hydrogens is 981 g/mol. The van der Waals surface area contributed by atoms with Crippen LogP contribution in [0.1, 0.15) is 11.1 Å². The lowest BCUT2D eigenvalue weighted by atomic mass is 9.90. The summed E-state index contributed by atoms with van der Waals surface area (Å²) in [6, 6.07) is 104. The topological polar surface area (TPSA) is 43.6 Å². The van der Waals surface area contributed by atoms with Crippen molar-refractivity contribution < 1.29 is 0 Å². The van der Waals surface area contributed by atoms with E-state index in [-0.39, 0.29) is 0 Å². The van der Waals surface area contributed by atoms with Crippen molar-refractivity contribution in [3.8, 4) is 118 Å². The average molecular weight is 1040 g/mol. The third-order valence-electron chi connectivity index (χ3n) is 15.8. The third kappa shape index (κ3) is 9.49. The number of rotatable bonds is 11. The maximum Gasteiger partial charge on any atom is 0.164 e. The van der Waals surface area contributed by atoms with Crippen LogP contribution >= 0.6 is 0 Å². The molecule has 0 aliphatic rings. The largest absolute Gasteiger partial charge is 0.309 e. The Morgan fingerprint density at radius 3 is 1.14 bits per heavy atom. The van der Waals surface area contributed by atoms with Gasteiger partial charge in [0.05, 0.1) is 11.0 Å². The van der Waals surface area contributed by atoms with E-state index in [9.17, 15) is 0 Å². The van der Waals surface area contributed by atoms with E-state index in [1.165, 1.54) is 71.9 Å². The van der Waals surface area contributed by atoms with Crippen LogP contribution in [0, 0.1) is 13.8 Å². The summed E-state index contributed by atoms with van der Waals surface area (Å²) in [6.07, 6.45) is 0. The van der Waals surface area contributed by atoms with E-state index in [0.717, 1.165) is 61.3 Å². The number of benzene rings is 12. The Labute approximate surface area is 472 Å². The van der Waals surface area contributed by atoms with Crippen LogP contribution in [0.25, 0.3) is 140 Å². The van der Waals surface area contributed by atoms with E-state index in [4.69, 9.17) is 15.0 Å². The van der Waals surface area contributed by atoms with Crippen LogP contribution in [0.4, 0.5) is 0 Å². The molecule has 4 heteroatoms. The van der Waals surface area contributed by atoms with Crippen LogP contribution in [0.15, 0.2) is 291 Å². The van der Waals surface area contributed by atoms with Gasteiger partial charge in [-0.15, -0.1) is 0 Å². The molecule has 14 aromatic rings. The highest BCUT2D eigenvalue weighted by Crippen LogP contribution is 2.38. The second kappa shape index (κ2) is 21.0. The Hall–Kier alpha value is -10.6. The van der Waals surface area contributed by atoms with Gasteiger partial charge in [-0.3, -0.25) is 0 Å². The number of aromatic nitrogens is 4. The zero-order valence-corrected chi connectivity index (χ0v) is 45.0. The highest BCUT2D eigenvalue weighted by molar-refractivity contribution is 6.09. The molecule has 14 rings (SSSR count). The van der Waals surface area contributed by atoms with E-state index in [2.05, 4.69) is 310 Å². The molecular formula is C77H54N4. The summed E-state index contributed by atoms with van der Waals surface area (Å²) < 4.78 is 2.37. The van der Waals surface area contributed by atoms with Crippen molar-refractivity contribution in [2.24, 2.45) is 0 Å². The maximum absolute atomic E-state index is 5.31. The lowest BCUT2D eigenvalue weighted by Crippen LogP contribution is -2.00. The summed E-state index contributed by atoms with van der Waals surface area (Å²) in [7, 11) is 0. The Morgan fingerprint density at radius 1 is 0.235 bits per heavy atom. The summed E-state index contributed by atoms with van der Waals surface area (Å²) >= 11 is 0. The highest BCUT2D eigenvalue weighted by Gasteiger charge is 2.18. The monoisotopic (exact) mass is 1030 g/mol. The summed E-state index contributed by atoms with van der Waals surface area (Å²) in [4.78, 5) is 15.9. The normalized spacial score (nSPS) is 11.3. The van der Waals surface area contributed by atoms with Gasteiger partial charge < -0.3 is 4.57 Å². The standard InChI is InChI=1S/C77H54N4/c1-51-19-6-7-34-68(51)70-38-18-37-69(52(70)2)64-30-14-26-60(47-64)62-28-16-32-66(49-62)77-79-75(55-43-41-54(42-44-55)63-29-17-33-67(50-63)81-73-39-10-8-35-71(73)72-36-9-11-40-74(72)81)78-76(80-77)65-31-15-27-61(48-65)59-25-13-24-58(46-59)57-23-12-22-56(45-57)53-20-4-3-5-21-53/h3-50H,1-2H3. The molecule has 0 fully saturated rings. The Bertz CT molecular complexity index is 4610. The van der Waals surface area contributed by atoms with Crippen LogP contribution in [0.5, 0.6) is 0 Å².